The van der Waals surface area contributed by atoms with Gasteiger partial charge in [0.25, 0.3) is 5.97 Å². The van der Waals surface area contributed by atoms with E-state index in [1.165, 1.54) is 0 Å². The van der Waals surface area contributed by atoms with Gasteiger partial charge in [-0.2, -0.15) is 5.26 Å². The number of Topliss-reactive ketones (excluding diaryl/α,β-unsaturated/α-hetero) is 2. The number of aromatic nitrogens is 2. The normalized spacial score (nSPS) is 14.2. The number of anilines is 2. The number of pyridine rings is 2. The summed E-state index contributed by atoms with van der Waals surface area (Å²) in [5, 5.41) is 23.7. The molecule has 4 heterocycles. The number of carbonyl (C=O) groups excluding carboxylic acids is 2. The number of carboxylic acids is 1. The highest BCUT2D eigenvalue weighted by molar-refractivity contribution is 5.95. The summed E-state index contributed by atoms with van der Waals surface area (Å²) in [4.78, 5) is 45.1. The van der Waals surface area contributed by atoms with Crippen LogP contribution in [0.5, 0.6) is 11.5 Å². The Labute approximate surface area is 322 Å². The molecule has 2 saturated heterocycles. The lowest BCUT2D eigenvalue weighted by atomic mass is 9.98. The predicted molar refractivity (Wildman–Crippen MR) is 211 cm³/mol. The molecule has 0 aliphatic carbocycles. The summed E-state index contributed by atoms with van der Waals surface area (Å²) < 4.78 is 11.8. The van der Waals surface area contributed by atoms with Crippen LogP contribution in [0.4, 0.5) is 11.6 Å². The number of ether oxygens (including phenoxy) is 2. The second-order valence-electron chi connectivity index (χ2n) is 13.5. The molecule has 0 bridgehead atoms. The van der Waals surface area contributed by atoms with E-state index in [4.69, 9.17) is 35.8 Å². The van der Waals surface area contributed by atoms with Gasteiger partial charge in [-0.1, -0.05) is 24.3 Å². The van der Waals surface area contributed by atoms with Crippen LogP contribution in [0.2, 0.25) is 0 Å². The average Bonchev–Trinajstić information content (AvgIpc) is 3.20. The third-order valence-corrected chi connectivity index (χ3v) is 9.27. The highest BCUT2D eigenvalue weighted by Gasteiger charge is 2.22. The molecule has 0 spiro atoms. The molecule has 13 heteroatoms. The molecule has 0 radical (unpaired) electrons. The molecule has 2 fully saturated rings. The number of nitrogens with zero attached hydrogens (tertiary/aromatic N) is 5. The van der Waals surface area contributed by atoms with Crippen molar-refractivity contribution in [3.63, 3.8) is 0 Å². The molecule has 2 aliphatic rings. The number of hydrogen-bond acceptors (Lipinski definition) is 11. The minimum Gasteiger partial charge on any atom is -0.493 e. The Balaban J connectivity index is 0.000000223. The van der Waals surface area contributed by atoms with Crippen LogP contribution in [-0.4, -0.2) is 77.8 Å². The van der Waals surface area contributed by atoms with Crippen LogP contribution in [0.15, 0.2) is 85.2 Å². The zero-order valence-electron chi connectivity index (χ0n) is 31.6. The maximum atomic E-state index is 11.4. The van der Waals surface area contributed by atoms with E-state index in [2.05, 4.69) is 25.8 Å². The highest BCUT2D eigenvalue weighted by atomic mass is 16.5. The summed E-state index contributed by atoms with van der Waals surface area (Å²) >= 11 is 0. The number of nitrogens with one attached hydrogen (secondary N) is 1. The van der Waals surface area contributed by atoms with E-state index in [1.54, 1.807) is 56.6 Å². The van der Waals surface area contributed by atoms with Crippen molar-refractivity contribution in [3.05, 3.63) is 107 Å². The Morgan fingerprint density at radius 1 is 0.745 bits per heavy atom. The highest BCUT2D eigenvalue weighted by Crippen LogP contribution is 2.25. The first-order valence-corrected chi connectivity index (χ1v) is 18.3. The molecular weight excluding hydrogens is 699 g/mol. The van der Waals surface area contributed by atoms with E-state index in [-0.39, 0.29) is 17.4 Å². The molecule has 4 aromatic rings. The molecule has 2 aliphatic heterocycles. The first kappa shape index (κ1) is 41.5. The molecule has 2 aromatic heterocycles. The molecule has 55 heavy (non-hydrogen) atoms. The minimum absolute atomic E-state index is 0.0359. The molecule has 13 nitrogen and oxygen atoms in total. The SMILES string of the molecule is CC(=O)O.CC(=O)c1cccc(OCC2CCN(c3ccc(C#N)cn3)CC2)c1.CC(=O)c1cccc(OCC2CCN(c3ccc(C(=N)N)cn3)CC2)c1. The Hall–Kier alpha value is -6.29. The number of carboxylic acid groups (broad SMARTS) is 1. The molecule has 0 atom stereocenters. The summed E-state index contributed by atoms with van der Waals surface area (Å²) in [5.74, 6) is 3.63. The number of ketones is 2. The van der Waals surface area contributed by atoms with Gasteiger partial charge >= 0.3 is 0 Å². The van der Waals surface area contributed by atoms with E-state index in [1.807, 2.05) is 42.5 Å². The lowest BCUT2D eigenvalue weighted by molar-refractivity contribution is -0.134. The zero-order chi connectivity index (χ0) is 39.7. The number of piperidine rings is 2. The number of nitriles is 1. The molecular formula is C42H49N7O6. The fourth-order valence-electron chi connectivity index (χ4n) is 6.07. The summed E-state index contributed by atoms with van der Waals surface area (Å²) in [5.41, 5.74) is 8.05. The first-order chi connectivity index (χ1) is 26.4. The second kappa shape index (κ2) is 20.8. The maximum Gasteiger partial charge on any atom is 0.300 e. The van der Waals surface area contributed by atoms with Crippen molar-refractivity contribution in [1.82, 2.24) is 9.97 Å². The minimum atomic E-state index is -0.833. The van der Waals surface area contributed by atoms with E-state index >= 15 is 0 Å². The van der Waals surface area contributed by atoms with Crippen LogP contribution >= 0.6 is 0 Å². The van der Waals surface area contributed by atoms with Gasteiger partial charge in [-0.25, -0.2) is 9.97 Å². The number of rotatable bonds is 11. The lowest BCUT2D eigenvalue weighted by Gasteiger charge is -2.32. The van der Waals surface area contributed by atoms with Crippen molar-refractivity contribution in [2.75, 3.05) is 49.2 Å². The largest absolute Gasteiger partial charge is 0.493 e. The fraction of sp³-hybridized carbons (Fsp3) is 0.357. The third kappa shape index (κ3) is 13.6. The second-order valence-corrected chi connectivity index (χ2v) is 13.5. The first-order valence-electron chi connectivity index (χ1n) is 18.3. The van der Waals surface area contributed by atoms with Gasteiger partial charge in [-0.3, -0.25) is 19.8 Å². The van der Waals surface area contributed by atoms with Crippen molar-refractivity contribution in [3.8, 4) is 17.6 Å². The molecule has 4 N–H and O–H groups in total. The van der Waals surface area contributed by atoms with Gasteiger partial charge in [0, 0.05) is 62.2 Å². The van der Waals surface area contributed by atoms with E-state index < -0.39 is 5.97 Å². The van der Waals surface area contributed by atoms with Crippen molar-refractivity contribution in [2.24, 2.45) is 17.6 Å². The number of hydrogen-bond donors (Lipinski definition) is 3. The van der Waals surface area contributed by atoms with Gasteiger partial charge in [0.05, 0.1) is 18.8 Å². The summed E-state index contributed by atoms with van der Waals surface area (Å²) in [6.07, 6.45) is 7.40. The van der Waals surface area contributed by atoms with E-state index in [9.17, 15) is 9.59 Å². The summed E-state index contributed by atoms with van der Waals surface area (Å²) in [7, 11) is 0. The Morgan fingerprint density at radius 3 is 1.53 bits per heavy atom. The average molecular weight is 748 g/mol. The Kier molecular flexibility index (Phi) is 15.7. The Bertz CT molecular complexity index is 1930. The number of nitrogens with two attached hydrogens (primary N) is 1. The van der Waals surface area contributed by atoms with Crippen molar-refractivity contribution in [2.45, 2.75) is 46.5 Å². The zero-order valence-corrected chi connectivity index (χ0v) is 31.6. The van der Waals surface area contributed by atoms with Crippen LogP contribution in [0.1, 0.15) is 78.3 Å². The van der Waals surface area contributed by atoms with Gasteiger partial charge in [-0.05, 0) is 99.9 Å². The van der Waals surface area contributed by atoms with Gasteiger partial charge in [0.2, 0.25) is 0 Å². The molecule has 288 valence electrons. The van der Waals surface area contributed by atoms with Gasteiger partial charge in [-0.15, -0.1) is 0 Å². The van der Waals surface area contributed by atoms with Crippen molar-refractivity contribution in [1.29, 1.82) is 10.7 Å². The van der Waals surface area contributed by atoms with E-state index in [0.717, 1.165) is 81.9 Å². The molecule has 6 rings (SSSR count). The molecule has 2 aromatic carbocycles. The lowest BCUT2D eigenvalue weighted by Crippen LogP contribution is -2.36. The maximum absolute atomic E-state index is 11.4. The van der Waals surface area contributed by atoms with Crippen LogP contribution < -0.4 is 25.0 Å². The molecule has 0 saturated carbocycles. The van der Waals surface area contributed by atoms with Crippen molar-refractivity contribution < 1.29 is 29.0 Å². The standard InChI is InChI=1S/C20H24N4O2.C20H21N3O2.C2H4O2/c1-14(25)16-3-2-4-18(11-16)26-13-15-7-9-24(10-8-15)19-6-5-17(12-23-19)20(21)22;1-15(24)18-3-2-4-19(11-18)25-14-16-7-9-23(10-8-16)20-6-5-17(12-21)13-22-20;1-2(3)4/h2-6,11-12,15H,7-10,13H2,1H3,(H3,21,22);2-6,11,13,16H,7-10,14H2,1H3;1H3,(H,3,4). The number of nitrogen functional groups attached to an aromatic ring is 1. The third-order valence-electron chi connectivity index (χ3n) is 9.27. The quantitative estimate of drug-likeness (QED) is 0.0868. The molecule has 0 amide bonds. The van der Waals surface area contributed by atoms with Gasteiger partial charge < -0.3 is 30.1 Å². The van der Waals surface area contributed by atoms with Gasteiger partial charge in [0.15, 0.2) is 11.6 Å². The number of benzene rings is 2. The van der Waals surface area contributed by atoms with Crippen LogP contribution in [-0.2, 0) is 4.79 Å². The molecule has 0 unspecified atom stereocenters. The van der Waals surface area contributed by atoms with Crippen LogP contribution in [0.25, 0.3) is 0 Å². The van der Waals surface area contributed by atoms with E-state index in [0.29, 0.717) is 47.3 Å². The summed E-state index contributed by atoms with van der Waals surface area (Å²) in [6.45, 7) is 9.24. The Morgan fingerprint density at radius 2 is 1.18 bits per heavy atom. The summed E-state index contributed by atoms with van der Waals surface area (Å²) in [6, 6.07) is 24.3. The topological polar surface area (TPSA) is 196 Å². The monoisotopic (exact) mass is 747 g/mol. The number of amidine groups is 1. The smallest absolute Gasteiger partial charge is 0.300 e. The van der Waals surface area contributed by atoms with Crippen LogP contribution in [0.3, 0.4) is 0 Å². The van der Waals surface area contributed by atoms with Gasteiger partial charge in [0.1, 0.15) is 35.0 Å². The fourth-order valence-corrected chi connectivity index (χ4v) is 6.07. The number of carbonyl (C=O) groups is 3. The predicted octanol–water partition coefficient (Wildman–Crippen LogP) is 6.41. The van der Waals surface area contributed by atoms with Crippen molar-refractivity contribution >= 4 is 35.0 Å². The number of aliphatic carboxylic acids is 1. The van der Waals surface area contributed by atoms with Crippen LogP contribution in [0, 0.1) is 28.6 Å².